The standard InChI is InChI=1S/C20H20N4O5/c1-22-18(26)14-5-4-13(11-15(14)19(22)27)21-17(25)12-23-6-8-24(9-7-23)20(28)16-3-2-10-29-16/h2-5,10-11H,6-9,12H2,1H3,(H,21,25). The molecule has 0 aliphatic carbocycles. The zero-order chi connectivity index (χ0) is 20.5. The highest BCUT2D eigenvalue weighted by atomic mass is 16.3. The molecule has 1 aromatic carbocycles. The van der Waals surface area contributed by atoms with Gasteiger partial charge in [0, 0.05) is 38.9 Å². The van der Waals surface area contributed by atoms with E-state index in [0.29, 0.717) is 48.8 Å². The molecule has 0 atom stereocenters. The van der Waals surface area contributed by atoms with Crippen LogP contribution in [0.25, 0.3) is 0 Å². The molecule has 0 bridgehead atoms. The van der Waals surface area contributed by atoms with Crippen molar-refractivity contribution in [3.63, 3.8) is 0 Å². The van der Waals surface area contributed by atoms with Crippen molar-refractivity contribution >= 4 is 29.3 Å². The van der Waals surface area contributed by atoms with E-state index in [0.717, 1.165) is 4.90 Å². The van der Waals surface area contributed by atoms with Gasteiger partial charge in [-0.25, -0.2) is 0 Å². The first-order valence-corrected chi connectivity index (χ1v) is 9.25. The number of hydrogen-bond donors (Lipinski definition) is 1. The van der Waals surface area contributed by atoms with E-state index in [1.807, 2.05) is 4.90 Å². The van der Waals surface area contributed by atoms with Crippen LogP contribution in [0.3, 0.4) is 0 Å². The van der Waals surface area contributed by atoms with E-state index in [4.69, 9.17) is 4.42 Å². The summed E-state index contributed by atoms with van der Waals surface area (Å²) in [6, 6.07) is 7.99. The molecule has 4 rings (SSSR count). The maximum Gasteiger partial charge on any atom is 0.289 e. The van der Waals surface area contributed by atoms with Crippen LogP contribution in [-0.2, 0) is 4.79 Å². The molecule has 9 heteroatoms. The van der Waals surface area contributed by atoms with Gasteiger partial charge in [-0.2, -0.15) is 0 Å². The van der Waals surface area contributed by atoms with E-state index in [1.54, 1.807) is 29.2 Å². The number of nitrogens with zero attached hydrogens (tertiary/aromatic N) is 3. The lowest BCUT2D eigenvalue weighted by Crippen LogP contribution is -2.50. The fourth-order valence-electron chi connectivity index (χ4n) is 3.51. The molecular formula is C20H20N4O5. The fraction of sp³-hybridized carbons (Fsp3) is 0.300. The summed E-state index contributed by atoms with van der Waals surface area (Å²) in [5, 5.41) is 2.77. The molecule has 4 amide bonds. The van der Waals surface area contributed by atoms with Crippen molar-refractivity contribution in [2.75, 3.05) is 45.1 Å². The maximum atomic E-state index is 12.4. The van der Waals surface area contributed by atoms with Gasteiger partial charge >= 0.3 is 0 Å². The molecule has 2 aliphatic rings. The van der Waals surface area contributed by atoms with Crippen LogP contribution in [0.4, 0.5) is 5.69 Å². The van der Waals surface area contributed by atoms with E-state index >= 15 is 0 Å². The van der Waals surface area contributed by atoms with Crippen molar-refractivity contribution in [2.24, 2.45) is 0 Å². The molecule has 29 heavy (non-hydrogen) atoms. The number of rotatable bonds is 4. The van der Waals surface area contributed by atoms with Crippen LogP contribution in [0.1, 0.15) is 31.3 Å². The second-order valence-electron chi connectivity index (χ2n) is 7.02. The second-order valence-corrected chi connectivity index (χ2v) is 7.02. The van der Waals surface area contributed by atoms with Crippen LogP contribution in [-0.4, -0.2) is 78.1 Å². The number of hydrogen-bond acceptors (Lipinski definition) is 6. The van der Waals surface area contributed by atoms with Crippen LogP contribution in [0.15, 0.2) is 41.0 Å². The molecule has 1 fully saturated rings. The lowest BCUT2D eigenvalue weighted by molar-refractivity contribution is -0.117. The zero-order valence-electron chi connectivity index (χ0n) is 15.9. The summed E-state index contributed by atoms with van der Waals surface area (Å²) in [5.41, 5.74) is 1.10. The van der Waals surface area contributed by atoms with Gasteiger partial charge in [0.1, 0.15) is 0 Å². The number of carbonyl (C=O) groups excluding carboxylic acids is 4. The number of imide groups is 1. The summed E-state index contributed by atoms with van der Waals surface area (Å²) in [5.74, 6) is -0.780. The number of benzene rings is 1. The fourth-order valence-corrected chi connectivity index (χ4v) is 3.51. The van der Waals surface area contributed by atoms with Gasteiger partial charge in [0.05, 0.1) is 23.9 Å². The Kier molecular flexibility index (Phi) is 4.89. The molecule has 2 aliphatic heterocycles. The lowest BCUT2D eigenvalue weighted by atomic mass is 10.1. The highest BCUT2D eigenvalue weighted by molar-refractivity contribution is 6.21. The van der Waals surface area contributed by atoms with Crippen molar-refractivity contribution in [3.8, 4) is 0 Å². The van der Waals surface area contributed by atoms with E-state index in [9.17, 15) is 19.2 Å². The minimum absolute atomic E-state index is 0.151. The Morgan fingerprint density at radius 3 is 2.45 bits per heavy atom. The van der Waals surface area contributed by atoms with Gasteiger partial charge < -0.3 is 14.6 Å². The largest absolute Gasteiger partial charge is 0.459 e. The van der Waals surface area contributed by atoms with Gasteiger partial charge in [-0.1, -0.05) is 0 Å². The van der Waals surface area contributed by atoms with E-state index in [-0.39, 0.29) is 30.2 Å². The quantitative estimate of drug-likeness (QED) is 0.771. The third-order valence-corrected chi connectivity index (χ3v) is 5.13. The van der Waals surface area contributed by atoms with Crippen LogP contribution in [0.2, 0.25) is 0 Å². The van der Waals surface area contributed by atoms with Crippen molar-refractivity contribution in [1.82, 2.24) is 14.7 Å². The zero-order valence-corrected chi connectivity index (χ0v) is 15.9. The minimum Gasteiger partial charge on any atom is -0.459 e. The highest BCUT2D eigenvalue weighted by Crippen LogP contribution is 2.24. The summed E-state index contributed by atoms with van der Waals surface area (Å²) < 4.78 is 5.14. The minimum atomic E-state index is -0.376. The van der Waals surface area contributed by atoms with Gasteiger partial charge in [0.2, 0.25) is 5.91 Å². The SMILES string of the molecule is CN1C(=O)c2ccc(NC(=O)CN3CCN(C(=O)c4ccco4)CC3)cc2C1=O. The summed E-state index contributed by atoms with van der Waals surface area (Å²) in [6.45, 7) is 2.33. The molecule has 2 aromatic rings. The third-order valence-electron chi connectivity index (χ3n) is 5.13. The molecule has 0 spiro atoms. The van der Waals surface area contributed by atoms with Crippen molar-refractivity contribution in [2.45, 2.75) is 0 Å². The summed E-state index contributed by atoms with van der Waals surface area (Å²) in [4.78, 5) is 53.4. The van der Waals surface area contributed by atoms with Crippen LogP contribution in [0.5, 0.6) is 0 Å². The van der Waals surface area contributed by atoms with Gasteiger partial charge in [-0.05, 0) is 30.3 Å². The monoisotopic (exact) mass is 396 g/mol. The molecule has 150 valence electrons. The molecule has 1 N–H and O–H groups in total. The Morgan fingerprint density at radius 1 is 1.03 bits per heavy atom. The highest BCUT2D eigenvalue weighted by Gasteiger charge is 2.33. The summed E-state index contributed by atoms with van der Waals surface area (Å²) in [6.07, 6.45) is 1.47. The van der Waals surface area contributed by atoms with Gasteiger partial charge in [-0.3, -0.25) is 29.0 Å². The smallest absolute Gasteiger partial charge is 0.289 e. The molecule has 0 saturated carbocycles. The summed E-state index contributed by atoms with van der Waals surface area (Å²) >= 11 is 0. The normalized spacial score (nSPS) is 16.9. The third kappa shape index (κ3) is 3.64. The van der Waals surface area contributed by atoms with Crippen molar-refractivity contribution in [3.05, 3.63) is 53.5 Å². The number of fused-ring (bicyclic) bond motifs is 1. The number of piperazine rings is 1. The predicted molar refractivity (Wildman–Crippen MR) is 103 cm³/mol. The second kappa shape index (κ2) is 7.51. The molecule has 0 radical (unpaired) electrons. The topological polar surface area (TPSA) is 103 Å². The number of nitrogens with one attached hydrogen (secondary N) is 1. The summed E-state index contributed by atoms with van der Waals surface area (Å²) in [7, 11) is 1.43. The molecular weight excluding hydrogens is 376 g/mol. The van der Waals surface area contributed by atoms with E-state index < -0.39 is 0 Å². The first-order chi connectivity index (χ1) is 13.9. The Morgan fingerprint density at radius 2 is 1.76 bits per heavy atom. The van der Waals surface area contributed by atoms with Crippen molar-refractivity contribution < 1.29 is 23.6 Å². The molecule has 0 unspecified atom stereocenters. The number of carbonyl (C=O) groups is 4. The molecule has 3 heterocycles. The van der Waals surface area contributed by atoms with Gasteiger partial charge in [-0.15, -0.1) is 0 Å². The van der Waals surface area contributed by atoms with Crippen LogP contribution < -0.4 is 5.32 Å². The molecule has 1 aromatic heterocycles. The molecule has 1 saturated heterocycles. The van der Waals surface area contributed by atoms with Crippen LogP contribution >= 0.6 is 0 Å². The first-order valence-electron chi connectivity index (χ1n) is 9.25. The maximum absolute atomic E-state index is 12.4. The average Bonchev–Trinajstić information content (AvgIpc) is 3.33. The Labute approximate surface area is 166 Å². The van der Waals surface area contributed by atoms with Gasteiger partial charge in [0.25, 0.3) is 17.7 Å². The van der Waals surface area contributed by atoms with Crippen LogP contribution in [0, 0.1) is 0 Å². The number of amides is 4. The average molecular weight is 396 g/mol. The van der Waals surface area contributed by atoms with E-state index in [2.05, 4.69) is 5.32 Å². The first kappa shape index (κ1) is 18.9. The number of furan rings is 1. The number of anilines is 1. The molecule has 9 nitrogen and oxygen atoms in total. The lowest BCUT2D eigenvalue weighted by Gasteiger charge is -2.33. The predicted octanol–water partition coefficient (Wildman–Crippen LogP) is 0.902. The Bertz CT molecular complexity index is 977. The Balaban J connectivity index is 1.31. The van der Waals surface area contributed by atoms with Crippen molar-refractivity contribution in [1.29, 1.82) is 0 Å². The Hall–Kier alpha value is -3.46. The van der Waals surface area contributed by atoms with Gasteiger partial charge in [0.15, 0.2) is 5.76 Å². The van der Waals surface area contributed by atoms with E-state index in [1.165, 1.54) is 19.4 Å².